The van der Waals surface area contributed by atoms with E-state index in [2.05, 4.69) is 19.9 Å². The lowest BCUT2D eigenvalue weighted by Gasteiger charge is -2.09. The van der Waals surface area contributed by atoms with Crippen LogP contribution in [0.25, 0.3) is 22.6 Å². The summed E-state index contributed by atoms with van der Waals surface area (Å²) >= 11 is 0. The highest BCUT2D eigenvalue weighted by Crippen LogP contribution is 2.27. The van der Waals surface area contributed by atoms with Gasteiger partial charge in [0.15, 0.2) is 5.65 Å². The highest BCUT2D eigenvalue weighted by molar-refractivity contribution is 5.78. The molecule has 0 aliphatic carbocycles. The van der Waals surface area contributed by atoms with Gasteiger partial charge in [-0.05, 0) is 24.3 Å². The van der Waals surface area contributed by atoms with E-state index in [1.54, 1.807) is 13.3 Å². The number of methoxy groups -OCH3 is 1. The van der Waals surface area contributed by atoms with Crippen LogP contribution in [0.5, 0.6) is 5.88 Å². The molecule has 0 saturated heterocycles. The van der Waals surface area contributed by atoms with E-state index in [0.29, 0.717) is 17.4 Å². The molecule has 1 N–H and O–H groups in total. The molecule has 3 aromatic heterocycles. The zero-order chi connectivity index (χ0) is 14.1. The summed E-state index contributed by atoms with van der Waals surface area (Å²) in [5.74, 6) is 2.11. The van der Waals surface area contributed by atoms with Gasteiger partial charge in [0.25, 0.3) is 0 Å². The van der Waals surface area contributed by atoms with Crippen LogP contribution in [0.3, 0.4) is 0 Å². The van der Waals surface area contributed by atoms with E-state index >= 15 is 0 Å². The number of aromatic amines is 1. The Morgan fingerprint density at radius 3 is 2.75 bits per heavy atom. The fraction of sp³-hybridized carbons (Fsp3) is 0.214. The minimum Gasteiger partial charge on any atom is -0.480 e. The van der Waals surface area contributed by atoms with E-state index in [1.807, 2.05) is 43.3 Å². The quantitative estimate of drug-likeness (QED) is 0.788. The first-order valence-corrected chi connectivity index (χ1v) is 6.22. The molecule has 3 aromatic rings. The molecule has 0 fully saturated rings. The second kappa shape index (κ2) is 4.80. The normalized spacial score (nSPS) is 10.8. The van der Waals surface area contributed by atoms with Crippen molar-refractivity contribution in [2.24, 2.45) is 0 Å². The van der Waals surface area contributed by atoms with Crippen molar-refractivity contribution in [3.05, 3.63) is 30.5 Å². The first-order valence-electron chi connectivity index (χ1n) is 6.22. The maximum Gasteiger partial charge on any atom is 0.224 e. The van der Waals surface area contributed by atoms with E-state index in [-0.39, 0.29) is 0 Å². The summed E-state index contributed by atoms with van der Waals surface area (Å²) in [6.07, 6.45) is 1.69. The standard InChI is InChI=1S/C14H15N5O/c1-19(2)11-7-6-10-13(17-11)18-12(16-10)9-5-4-8-15-14(9)20-3/h4-8H,1-3H3,(H,16,17,18). The van der Waals surface area contributed by atoms with Gasteiger partial charge in [-0.15, -0.1) is 0 Å². The Labute approximate surface area is 116 Å². The summed E-state index contributed by atoms with van der Waals surface area (Å²) < 4.78 is 5.26. The van der Waals surface area contributed by atoms with Gasteiger partial charge in [-0.3, -0.25) is 0 Å². The van der Waals surface area contributed by atoms with Crippen molar-refractivity contribution >= 4 is 17.0 Å². The van der Waals surface area contributed by atoms with Crippen molar-refractivity contribution in [2.75, 3.05) is 26.1 Å². The van der Waals surface area contributed by atoms with Crippen molar-refractivity contribution < 1.29 is 4.74 Å². The molecule has 0 aromatic carbocycles. The summed E-state index contributed by atoms with van der Waals surface area (Å²) in [7, 11) is 5.49. The maximum atomic E-state index is 5.26. The summed E-state index contributed by atoms with van der Waals surface area (Å²) in [5, 5.41) is 0. The highest BCUT2D eigenvalue weighted by atomic mass is 16.5. The Morgan fingerprint density at radius 1 is 1.15 bits per heavy atom. The largest absolute Gasteiger partial charge is 0.480 e. The SMILES string of the molecule is COc1ncccc1-c1nc2nc(N(C)C)ccc2[nH]1. The van der Waals surface area contributed by atoms with Gasteiger partial charge in [0.05, 0.1) is 18.2 Å². The van der Waals surface area contributed by atoms with E-state index in [4.69, 9.17) is 4.74 Å². The number of H-pyrrole nitrogens is 1. The molecule has 0 unspecified atom stereocenters. The molecule has 0 spiro atoms. The van der Waals surface area contributed by atoms with Crippen LogP contribution < -0.4 is 9.64 Å². The Hall–Kier alpha value is -2.63. The molecule has 20 heavy (non-hydrogen) atoms. The number of hydrogen-bond acceptors (Lipinski definition) is 5. The van der Waals surface area contributed by atoms with Crippen molar-refractivity contribution in [3.8, 4) is 17.3 Å². The van der Waals surface area contributed by atoms with Gasteiger partial charge >= 0.3 is 0 Å². The van der Waals surface area contributed by atoms with Crippen LogP contribution in [0.4, 0.5) is 5.82 Å². The number of imidazole rings is 1. The molecule has 0 atom stereocenters. The van der Waals surface area contributed by atoms with Crippen molar-refractivity contribution in [1.82, 2.24) is 19.9 Å². The molecule has 0 aliphatic rings. The van der Waals surface area contributed by atoms with Gasteiger partial charge < -0.3 is 14.6 Å². The summed E-state index contributed by atoms with van der Waals surface area (Å²) in [4.78, 5) is 18.4. The smallest absolute Gasteiger partial charge is 0.224 e. The minimum absolute atomic E-state index is 0.541. The predicted molar refractivity (Wildman–Crippen MR) is 78.0 cm³/mol. The van der Waals surface area contributed by atoms with Crippen LogP contribution in [-0.4, -0.2) is 41.1 Å². The Morgan fingerprint density at radius 2 is 2.00 bits per heavy atom. The lowest BCUT2D eigenvalue weighted by molar-refractivity contribution is 0.399. The van der Waals surface area contributed by atoms with Crippen molar-refractivity contribution in [3.63, 3.8) is 0 Å². The van der Waals surface area contributed by atoms with Gasteiger partial charge in [-0.2, -0.15) is 0 Å². The number of hydrogen-bond donors (Lipinski definition) is 1. The molecule has 0 amide bonds. The van der Waals surface area contributed by atoms with E-state index in [1.165, 1.54) is 0 Å². The van der Waals surface area contributed by atoms with Gasteiger partial charge in [0.2, 0.25) is 5.88 Å². The molecule has 3 heterocycles. The third kappa shape index (κ3) is 2.05. The zero-order valence-electron chi connectivity index (χ0n) is 11.6. The van der Waals surface area contributed by atoms with Crippen LogP contribution in [0.15, 0.2) is 30.5 Å². The molecule has 0 saturated carbocycles. The third-order valence-corrected chi connectivity index (χ3v) is 3.01. The Bertz CT molecular complexity index is 750. The molecule has 0 aliphatic heterocycles. The average molecular weight is 269 g/mol. The average Bonchev–Trinajstić information content (AvgIpc) is 2.89. The second-order valence-corrected chi connectivity index (χ2v) is 4.58. The monoisotopic (exact) mass is 269 g/mol. The van der Waals surface area contributed by atoms with E-state index in [9.17, 15) is 0 Å². The molecular weight excluding hydrogens is 254 g/mol. The number of aromatic nitrogens is 4. The first-order chi connectivity index (χ1) is 9.69. The zero-order valence-corrected chi connectivity index (χ0v) is 11.6. The summed E-state index contributed by atoms with van der Waals surface area (Å²) in [6, 6.07) is 7.68. The van der Waals surface area contributed by atoms with Crippen LogP contribution in [-0.2, 0) is 0 Å². The molecule has 0 radical (unpaired) electrons. The number of rotatable bonds is 3. The van der Waals surface area contributed by atoms with Crippen LogP contribution >= 0.6 is 0 Å². The maximum absolute atomic E-state index is 5.26. The molecule has 102 valence electrons. The molecule has 6 nitrogen and oxygen atoms in total. The first kappa shape index (κ1) is 12.4. The van der Waals surface area contributed by atoms with Crippen LogP contribution in [0.1, 0.15) is 0 Å². The number of fused-ring (bicyclic) bond motifs is 1. The molecule has 3 rings (SSSR count). The second-order valence-electron chi connectivity index (χ2n) is 4.58. The van der Waals surface area contributed by atoms with Gasteiger partial charge in [-0.1, -0.05) is 0 Å². The molecule has 6 heteroatoms. The number of nitrogens with zero attached hydrogens (tertiary/aromatic N) is 4. The van der Waals surface area contributed by atoms with Crippen LogP contribution in [0.2, 0.25) is 0 Å². The fourth-order valence-electron chi connectivity index (χ4n) is 1.99. The third-order valence-electron chi connectivity index (χ3n) is 3.01. The fourth-order valence-corrected chi connectivity index (χ4v) is 1.99. The Kier molecular flexibility index (Phi) is 2.98. The van der Waals surface area contributed by atoms with Crippen molar-refractivity contribution in [2.45, 2.75) is 0 Å². The summed E-state index contributed by atoms with van der Waals surface area (Å²) in [6.45, 7) is 0. The van der Waals surface area contributed by atoms with Gasteiger partial charge in [0.1, 0.15) is 11.6 Å². The highest BCUT2D eigenvalue weighted by Gasteiger charge is 2.12. The van der Waals surface area contributed by atoms with E-state index in [0.717, 1.165) is 16.9 Å². The van der Waals surface area contributed by atoms with E-state index < -0.39 is 0 Å². The number of nitrogens with one attached hydrogen (secondary N) is 1. The number of anilines is 1. The molecule has 0 bridgehead atoms. The van der Waals surface area contributed by atoms with Crippen LogP contribution in [0, 0.1) is 0 Å². The lowest BCUT2D eigenvalue weighted by Crippen LogP contribution is -2.10. The topological polar surface area (TPSA) is 66.9 Å². The van der Waals surface area contributed by atoms with Crippen molar-refractivity contribution in [1.29, 1.82) is 0 Å². The summed E-state index contributed by atoms with van der Waals surface area (Å²) in [5.41, 5.74) is 2.38. The van der Waals surface area contributed by atoms with Gasteiger partial charge in [0, 0.05) is 20.3 Å². The predicted octanol–water partition coefficient (Wildman–Crippen LogP) is 2.09. The minimum atomic E-state index is 0.541. The molecular formula is C14H15N5O. The van der Waals surface area contributed by atoms with Gasteiger partial charge in [-0.25, -0.2) is 15.0 Å². The number of ether oxygens (including phenoxy) is 1. The lowest BCUT2D eigenvalue weighted by atomic mass is 10.2. The Balaban J connectivity index is 2.13. The number of pyridine rings is 2.